The number of carbonyl (C=O) groups is 2. The topological polar surface area (TPSA) is 96.3 Å². The SMILES string of the molecule is Cc1ccc(CNC(=O)n2nc(-c3cc(NC(=O)C(C)C)ccc3O)cc2C2CCC2)cc1. The number of nitrogens with one attached hydrogen (secondary N) is 2. The van der Waals surface area contributed by atoms with Crippen molar-refractivity contribution < 1.29 is 14.7 Å². The largest absolute Gasteiger partial charge is 0.507 e. The number of phenols is 1. The molecule has 1 aliphatic rings. The zero-order valence-corrected chi connectivity index (χ0v) is 19.3. The Morgan fingerprint density at radius 2 is 1.85 bits per heavy atom. The molecule has 0 saturated heterocycles. The average molecular weight is 447 g/mol. The van der Waals surface area contributed by atoms with E-state index in [4.69, 9.17) is 0 Å². The van der Waals surface area contributed by atoms with Gasteiger partial charge in [0.25, 0.3) is 0 Å². The quantitative estimate of drug-likeness (QED) is 0.454. The molecule has 172 valence electrons. The Morgan fingerprint density at radius 1 is 1.12 bits per heavy atom. The molecule has 1 aliphatic carbocycles. The van der Waals surface area contributed by atoms with Crippen molar-refractivity contribution >= 4 is 17.6 Å². The maximum absolute atomic E-state index is 13.0. The molecule has 0 spiro atoms. The summed E-state index contributed by atoms with van der Waals surface area (Å²) in [6.45, 7) is 6.06. The van der Waals surface area contributed by atoms with E-state index in [9.17, 15) is 14.7 Å². The molecule has 0 atom stereocenters. The summed E-state index contributed by atoms with van der Waals surface area (Å²) in [4.78, 5) is 25.1. The van der Waals surface area contributed by atoms with Crippen molar-refractivity contribution in [1.82, 2.24) is 15.1 Å². The van der Waals surface area contributed by atoms with E-state index in [1.807, 2.05) is 51.1 Å². The Kier molecular flexibility index (Phi) is 6.49. The predicted molar refractivity (Wildman–Crippen MR) is 128 cm³/mol. The molecule has 0 radical (unpaired) electrons. The fourth-order valence-electron chi connectivity index (χ4n) is 3.75. The van der Waals surface area contributed by atoms with Gasteiger partial charge in [0.1, 0.15) is 5.75 Å². The summed E-state index contributed by atoms with van der Waals surface area (Å²) in [6.07, 6.45) is 3.14. The number of anilines is 1. The van der Waals surface area contributed by atoms with Crippen LogP contribution in [0.1, 0.15) is 55.8 Å². The van der Waals surface area contributed by atoms with Crippen molar-refractivity contribution in [2.24, 2.45) is 5.92 Å². The molecular formula is C26H30N4O3. The summed E-state index contributed by atoms with van der Waals surface area (Å²) in [7, 11) is 0. The number of carbonyl (C=O) groups excluding carboxylic acids is 2. The number of hydrogen-bond donors (Lipinski definition) is 3. The minimum atomic E-state index is -0.299. The second kappa shape index (κ2) is 9.48. The lowest BCUT2D eigenvalue weighted by atomic mass is 9.82. The Morgan fingerprint density at radius 3 is 2.48 bits per heavy atom. The molecule has 7 heteroatoms. The third kappa shape index (κ3) is 5.08. The summed E-state index contributed by atoms with van der Waals surface area (Å²) >= 11 is 0. The van der Waals surface area contributed by atoms with Crippen LogP contribution in [0.2, 0.25) is 0 Å². The fraction of sp³-hybridized carbons (Fsp3) is 0.346. The first-order chi connectivity index (χ1) is 15.8. The van der Waals surface area contributed by atoms with Gasteiger partial charge in [-0.1, -0.05) is 50.1 Å². The molecule has 1 fully saturated rings. The Bertz CT molecular complexity index is 1160. The third-order valence-corrected chi connectivity index (χ3v) is 6.08. The number of aromatic hydroxyl groups is 1. The lowest BCUT2D eigenvalue weighted by molar-refractivity contribution is -0.118. The summed E-state index contributed by atoms with van der Waals surface area (Å²) < 4.78 is 1.42. The Balaban J connectivity index is 1.60. The molecule has 3 aromatic rings. The minimum absolute atomic E-state index is 0.0439. The van der Waals surface area contributed by atoms with E-state index in [0.717, 1.165) is 30.5 Å². The maximum atomic E-state index is 13.0. The zero-order chi connectivity index (χ0) is 23.5. The van der Waals surface area contributed by atoms with Crippen LogP contribution in [0, 0.1) is 12.8 Å². The first kappa shape index (κ1) is 22.6. The molecule has 1 heterocycles. The van der Waals surface area contributed by atoms with Gasteiger partial charge in [-0.05, 0) is 49.6 Å². The number of phenolic OH excluding ortho intramolecular Hbond substituents is 1. The van der Waals surface area contributed by atoms with Crippen LogP contribution < -0.4 is 10.6 Å². The van der Waals surface area contributed by atoms with Gasteiger partial charge in [-0.2, -0.15) is 9.78 Å². The van der Waals surface area contributed by atoms with E-state index >= 15 is 0 Å². The number of nitrogens with zero attached hydrogens (tertiary/aromatic N) is 2. The van der Waals surface area contributed by atoms with Gasteiger partial charge in [-0.15, -0.1) is 0 Å². The molecule has 0 aliphatic heterocycles. The Labute approximate surface area is 193 Å². The van der Waals surface area contributed by atoms with Crippen LogP contribution in [0.5, 0.6) is 5.75 Å². The second-order valence-corrected chi connectivity index (χ2v) is 9.01. The van der Waals surface area contributed by atoms with E-state index in [2.05, 4.69) is 15.7 Å². The highest BCUT2D eigenvalue weighted by molar-refractivity contribution is 5.93. The minimum Gasteiger partial charge on any atom is -0.507 e. The van der Waals surface area contributed by atoms with Gasteiger partial charge >= 0.3 is 6.03 Å². The third-order valence-electron chi connectivity index (χ3n) is 6.08. The number of rotatable bonds is 6. The fourth-order valence-corrected chi connectivity index (χ4v) is 3.75. The average Bonchev–Trinajstić information content (AvgIpc) is 3.17. The first-order valence-electron chi connectivity index (χ1n) is 11.4. The lowest BCUT2D eigenvalue weighted by Gasteiger charge is -2.25. The number of aromatic nitrogens is 2. The van der Waals surface area contributed by atoms with Crippen molar-refractivity contribution in [3.8, 4) is 17.0 Å². The van der Waals surface area contributed by atoms with Gasteiger partial charge in [-0.25, -0.2) is 4.79 Å². The van der Waals surface area contributed by atoms with Crippen LogP contribution in [-0.4, -0.2) is 26.8 Å². The monoisotopic (exact) mass is 446 g/mol. The highest BCUT2D eigenvalue weighted by Crippen LogP contribution is 2.39. The number of hydrogen-bond acceptors (Lipinski definition) is 4. The first-order valence-corrected chi connectivity index (χ1v) is 11.4. The number of benzene rings is 2. The molecule has 1 saturated carbocycles. The van der Waals surface area contributed by atoms with Crippen molar-refractivity contribution in [2.45, 2.75) is 52.5 Å². The molecule has 33 heavy (non-hydrogen) atoms. The summed E-state index contributed by atoms with van der Waals surface area (Å²) in [5, 5.41) is 20.8. The summed E-state index contributed by atoms with van der Waals surface area (Å²) in [6, 6.07) is 14.5. The van der Waals surface area contributed by atoms with Crippen molar-refractivity contribution in [2.75, 3.05) is 5.32 Å². The number of aryl methyl sites for hydroxylation is 1. The maximum Gasteiger partial charge on any atom is 0.342 e. The molecule has 0 bridgehead atoms. The molecule has 2 aromatic carbocycles. The van der Waals surface area contributed by atoms with Gasteiger partial charge in [0.2, 0.25) is 5.91 Å². The predicted octanol–water partition coefficient (Wildman–Crippen LogP) is 5.18. The highest BCUT2D eigenvalue weighted by Gasteiger charge is 2.27. The standard InChI is InChI=1S/C26H30N4O3/c1-16(2)25(32)28-20-11-12-24(31)21(13-20)22-14-23(19-5-4-6-19)30(29-22)26(33)27-15-18-9-7-17(3)8-10-18/h7-14,16,19,31H,4-6,15H2,1-3H3,(H,27,33)(H,28,32). The van der Waals surface area contributed by atoms with Gasteiger partial charge in [0.15, 0.2) is 0 Å². The van der Waals surface area contributed by atoms with Gasteiger partial charge < -0.3 is 15.7 Å². The zero-order valence-electron chi connectivity index (χ0n) is 19.3. The van der Waals surface area contributed by atoms with Crippen LogP contribution in [0.4, 0.5) is 10.5 Å². The van der Waals surface area contributed by atoms with E-state index < -0.39 is 0 Å². The molecule has 3 N–H and O–H groups in total. The molecule has 0 unspecified atom stereocenters. The summed E-state index contributed by atoms with van der Waals surface area (Å²) in [5.74, 6) is 0.0384. The number of amides is 2. The molecule has 7 nitrogen and oxygen atoms in total. The van der Waals surface area contributed by atoms with Crippen molar-refractivity contribution in [1.29, 1.82) is 0 Å². The van der Waals surface area contributed by atoms with E-state index in [0.29, 0.717) is 23.5 Å². The molecule has 1 aromatic heterocycles. The van der Waals surface area contributed by atoms with Crippen LogP contribution in [0.3, 0.4) is 0 Å². The van der Waals surface area contributed by atoms with Crippen LogP contribution >= 0.6 is 0 Å². The Hall–Kier alpha value is -3.61. The van der Waals surface area contributed by atoms with E-state index in [1.165, 1.54) is 16.3 Å². The van der Waals surface area contributed by atoms with E-state index in [-0.39, 0.29) is 29.5 Å². The normalized spacial score (nSPS) is 13.6. The van der Waals surface area contributed by atoms with Crippen molar-refractivity contribution in [3.63, 3.8) is 0 Å². The smallest absolute Gasteiger partial charge is 0.342 e. The van der Waals surface area contributed by atoms with Gasteiger partial charge in [-0.3, -0.25) is 4.79 Å². The molecule has 4 rings (SSSR count). The van der Waals surface area contributed by atoms with Crippen LogP contribution in [0.15, 0.2) is 48.5 Å². The molecule has 2 amide bonds. The van der Waals surface area contributed by atoms with Crippen LogP contribution in [-0.2, 0) is 11.3 Å². The van der Waals surface area contributed by atoms with Gasteiger partial charge in [0.05, 0.1) is 11.4 Å². The van der Waals surface area contributed by atoms with Crippen LogP contribution in [0.25, 0.3) is 11.3 Å². The lowest BCUT2D eigenvalue weighted by Crippen LogP contribution is -2.31. The second-order valence-electron chi connectivity index (χ2n) is 9.01. The summed E-state index contributed by atoms with van der Waals surface area (Å²) in [5.41, 5.74) is 4.57. The highest BCUT2D eigenvalue weighted by atomic mass is 16.3. The van der Waals surface area contributed by atoms with E-state index in [1.54, 1.807) is 12.1 Å². The molecular weight excluding hydrogens is 416 g/mol. The van der Waals surface area contributed by atoms with Crippen molar-refractivity contribution in [3.05, 3.63) is 65.4 Å². The van der Waals surface area contributed by atoms with Gasteiger partial charge in [0, 0.05) is 29.6 Å².